The van der Waals surface area contributed by atoms with Gasteiger partial charge >= 0.3 is 0 Å². The van der Waals surface area contributed by atoms with E-state index in [-0.39, 0.29) is 5.91 Å². The number of nitrogens with zero attached hydrogens (tertiary/aromatic N) is 3. The van der Waals surface area contributed by atoms with Gasteiger partial charge in [0.2, 0.25) is 11.1 Å². The number of rotatable bonds is 9. The van der Waals surface area contributed by atoms with Crippen LogP contribution in [-0.2, 0) is 11.4 Å². The number of aromatic nitrogens is 3. The molecule has 40 heavy (non-hydrogen) atoms. The molecule has 2 N–H and O–H groups in total. The van der Waals surface area contributed by atoms with Crippen LogP contribution in [0.2, 0.25) is 5.02 Å². The monoisotopic (exact) mass is 637 g/mol. The van der Waals surface area contributed by atoms with Crippen molar-refractivity contribution >= 4 is 56.8 Å². The molecule has 0 spiro atoms. The van der Waals surface area contributed by atoms with E-state index in [9.17, 15) is 4.79 Å². The number of amides is 1. The number of fused-ring (bicyclic) bond motifs is 1. The summed E-state index contributed by atoms with van der Waals surface area (Å²) in [5, 5.41) is 12.6. The van der Waals surface area contributed by atoms with Crippen LogP contribution in [0.25, 0.3) is 0 Å². The number of thioether (sulfide) groups is 1. The van der Waals surface area contributed by atoms with Crippen LogP contribution in [0, 0.1) is 6.92 Å². The zero-order valence-electron chi connectivity index (χ0n) is 22.4. The Hall–Kier alpha value is -3.27. The number of hydrogen-bond acceptors (Lipinski definition) is 6. The molecule has 5 rings (SSSR count). The van der Waals surface area contributed by atoms with Crippen molar-refractivity contribution in [3.8, 4) is 5.75 Å². The van der Waals surface area contributed by atoms with Crippen LogP contribution in [0.1, 0.15) is 43.0 Å². The average molecular weight is 639 g/mol. The first-order valence-electron chi connectivity index (χ1n) is 12.9. The van der Waals surface area contributed by atoms with Crippen molar-refractivity contribution in [2.24, 2.45) is 0 Å². The van der Waals surface area contributed by atoms with E-state index in [0.29, 0.717) is 39.8 Å². The Labute approximate surface area is 251 Å². The van der Waals surface area contributed by atoms with Gasteiger partial charge in [0, 0.05) is 32.2 Å². The zero-order chi connectivity index (χ0) is 28.2. The molecule has 1 amide bonds. The van der Waals surface area contributed by atoms with Crippen molar-refractivity contribution in [1.82, 2.24) is 14.8 Å². The third kappa shape index (κ3) is 6.22. The van der Waals surface area contributed by atoms with Crippen LogP contribution < -0.4 is 15.4 Å². The first-order valence-corrected chi connectivity index (χ1v) is 15.1. The molecule has 1 aromatic heterocycles. The SMILES string of the molecule is CCCSc1nc2n(n1)C(c1cc(Br)ccc1OCc1ccc(Cl)cc1)C(C(=O)Nc1ccccc1C)=C(C)N2. The summed E-state index contributed by atoms with van der Waals surface area (Å²) in [7, 11) is 0. The number of benzene rings is 3. The van der Waals surface area contributed by atoms with Gasteiger partial charge in [0.15, 0.2) is 0 Å². The molecule has 0 aliphatic carbocycles. The second-order valence-electron chi connectivity index (χ2n) is 9.44. The minimum absolute atomic E-state index is 0.225. The Kier molecular flexibility index (Phi) is 8.83. The van der Waals surface area contributed by atoms with E-state index < -0.39 is 6.04 Å². The fourth-order valence-corrected chi connectivity index (χ4v) is 5.66. The lowest BCUT2D eigenvalue weighted by Crippen LogP contribution is -2.32. The summed E-state index contributed by atoms with van der Waals surface area (Å²) in [6.07, 6.45) is 1.00. The van der Waals surface area contributed by atoms with Crippen LogP contribution in [0.15, 0.2) is 87.6 Å². The van der Waals surface area contributed by atoms with Crippen molar-refractivity contribution in [3.05, 3.63) is 104 Å². The molecule has 10 heteroatoms. The Morgan fingerprint density at radius 3 is 2.67 bits per heavy atom. The van der Waals surface area contributed by atoms with E-state index in [0.717, 1.165) is 39.0 Å². The zero-order valence-corrected chi connectivity index (χ0v) is 25.5. The van der Waals surface area contributed by atoms with Gasteiger partial charge in [-0.15, -0.1) is 5.10 Å². The smallest absolute Gasteiger partial charge is 0.255 e. The van der Waals surface area contributed by atoms with Crippen molar-refractivity contribution < 1.29 is 9.53 Å². The quantitative estimate of drug-likeness (QED) is 0.181. The van der Waals surface area contributed by atoms with E-state index in [4.69, 9.17) is 26.4 Å². The minimum atomic E-state index is -0.582. The maximum absolute atomic E-state index is 14.0. The molecule has 0 fully saturated rings. The van der Waals surface area contributed by atoms with Crippen molar-refractivity contribution in [2.45, 2.75) is 45.0 Å². The lowest BCUT2D eigenvalue weighted by Gasteiger charge is -2.30. The van der Waals surface area contributed by atoms with Gasteiger partial charge in [0.1, 0.15) is 18.4 Å². The summed E-state index contributed by atoms with van der Waals surface area (Å²) in [6, 6.07) is 20.5. The third-order valence-electron chi connectivity index (χ3n) is 6.48. The molecular weight excluding hydrogens is 610 g/mol. The summed E-state index contributed by atoms with van der Waals surface area (Å²) in [6.45, 7) is 6.32. The summed E-state index contributed by atoms with van der Waals surface area (Å²) < 4.78 is 9.00. The summed E-state index contributed by atoms with van der Waals surface area (Å²) in [5.74, 6) is 1.89. The Morgan fingerprint density at radius 2 is 1.93 bits per heavy atom. The number of ether oxygens (including phenoxy) is 1. The third-order valence-corrected chi connectivity index (χ3v) is 8.27. The van der Waals surface area contributed by atoms with Crippen LogP contribution >= 0.6 is 39.3 Å². The molecule has 1 aliphatic heterocycles. The Bertz CT molecular complexity index is 1570. The molecule has 4 aromatic rings. The number of hydrogen-bond donors (Lipinski definition) is 2. The summed E-state index contributed by atoms with van der Waals surface area (Å²) in [5.41, 5.74) is 4.73. The minimum Gasteiger partial charge on any atom is -0.489 e. The van der Waals surface area contributed by atoms with Crippen LogP contribution in [-0.4, -0.2) is 26.4 Å². The van der Waals surface area contributed by atoms with E-state index in [2.05, 4.69) is 33.5 Å². The van der Waals surface area contributed by atoms with E-state index in [1.165, 1.54) is 0 Å². The molecule has 2 heterocycles. The lowest BCUT2D eigenvalue weighted by molar-refractivity contribution is -0.113. The highest BCUT2D eigenvalue weighted by molar-refractivity contribution is 9.10. The largest absolute Gasteiger partial charge is 0.489 e. The number of carbonyl (C=O) groups is 1. The molecule has 1 atom stereocenters. The van der Waals surface area contributed by atoms with Gasteiger partial charge in [-0.1, -0.05) is 76.5 Å². The van der Waals surface area contributed by atoms with Crippen molar-refractivity contribution in [1.29, 1.82) is 0 Å². The van der Waals surface area contributed by atoms with E-state index >= 15 is 0 Å². The highest BCUT2D eigenvalue weighted by Crippen LogP contribution is 2.41. The van der Waals surface area contributed by atoms with Gasteiger partial charge in [-0.3, -0.25) is 4.79 Å². The molecule has 0 saturated carbocycles. The molecule has 1 aliphatic rings. The van der Waals surface area contributed by atoms with Gasteiger partial charge < -0.3 is 15.4 Å². The van der Waals surface area contributed by atoms with E-state index in [1.54, 1.807) is 16.4 Å². The van der Waals surface area contributed by atoms with Gasteiger partial charge in [0.25, 0.3) is 5.91 Å². The number of anilines is 2. The normalized spacial score (nSPS) is 14.5. The van der Waals surface area contributed by atoms with Crippen LogP contribution in [0.3, 0.4) is 0 Å². The summed E-state index contributed by atoms with van der Waals surface area (Å²) in [4.78, 5) is 18.7. The molecule has 1 unspecified atom stereocenters. The van der Waals surface area contributed by atoms with Crippen LogP contribution in [0.4, 0.5) is 11.6 Å². The molecule has 206 valence electrons. The van der Waals surface area contributed by atoms with Gasteiger partial charge in [-0.05, 0) is 67.8 Å². The fraction of sp³-hybridized carbons (Fsp3) is 0.233. The van der Waals surface area contributed by atoms with Gasteiger partial charge in [-0.2, -0.15) is 4.98 Å². The second-order valence-corrected chi connectivity index (χ2v) is 11.9. The molecule has 0 saturated heterocycles. The van der Waals surface area contributed by atoms with Crippen LogP contribution in [0.5, 0.6) is 5.75 Å². The van der Waals surface area contributed by atoms with Crippen molar-refractivity contribution in [2.75, 3.05) is 16.4 Å². The molecule has 0 bridgehead atoms. The maximum Gasteiger partial charge on any atom is 0.255 e. The highest BCUT2D eigenvalue weighted by Gasteiger charge is 2.36. The first-order chi connectivity index (χ1) is 19.3. The molecule has 0 radical (unpaired) electrons. The van der Waals surface area contributed by atoms with Gasteiger partial charge in [0.05, 0.1) is 5.57 Å². The molecular formula is C30H29BrClN5O2S. The predicted octanol–water partition coefficient (Wildman–Crippen LogP) is 8.01. The highest BCUT2D eigenvalue weighted by atomic mass is 79.9. The average Bonchev–Trinajstić information content (AvgIpc) is 3.34. The number of aryl methyl sites for hydroxylation is 1. The number of para-hydroxylation sites is 1. The topological polar surface area (TPSA) is 81.1 Å². The number of allylic oxidation sites excluding steroid dienone is 1. The van der Waals surface area contributed by atoms with E-state index in [1.807, 2.05) is 80.6 Å². The lowest BCUT2D eigenvalue weighted by atomic mass is 9.94. The molecule has 3 aromatic carbocycles. The number of halogens is 2. The van der Waals surface area contributed by atoms with Gasteiger partial charge in [-0.25, -0.2) is 4.68 Å². The summed E-state index contributed by atoms with van der Waals surface area (Å²) >= 11 is 11.3. The fourth-order valence-electron chi connectivity index (χ4n) is 4.48. The standard InChI is InChI=1S/C30H29BrClN5O2S/c1-4-15-40-30-35-29-33-19(3)26(28(38)34-24-8-6-5-7-18(24)2)27(37(29)36-30)23-16-21(31)11-14-25(23)39-17-20-9-12-22(32)13-10-20/h5-14,16,27H,4,15,17H2,1-3H3,(H,34,38)(H,33,35,36). The number of carbonyl (C=O) groups excluding carboxylic acids is 1. The second kappa shape index (κ2) is 12.5. The number of nitrogens with one attached hydrogen (secondary N) is 2. The predicted molar refractivity (Wildman–Crippen MR) is 165 cm³/mol. The maximum atomic E-state index is 14.0. The molecule has 7 nitrogen and oxygen atoms in total. The Morgan fingerprint density at radius 1 is 1.15 bits per heavy atom. The first kappa shape index (κ1) is 28.3. The Balaban J connectivity index is 1.58. The van der Waals surface area contributed by atoms with Crippen molar-refractivity contribution in [3.63, 3.8) is 0 Å².